The van der Waals surface area contributed by atoms with Gasteiger partial charge in [-0.05, 0) is 42.3 Å². The molecule has 0 N–H and O–H groups in total. The van der Waals surface area contributed by atoms with Gasteiger partial charge in [0.25, 0.3) is 5.56 Å². The first-order chi connectivity index (χ1) is 15.8. The Labute approximate surface area is 188 Å². The van der Waals surface area contributed by atoms with E-state index in [1.807, 2.05) is 57.7 Å². The quantitative estimate of drug-likeness (QED) is 0.268. The summed E-state index contributed by atoms with van der Waals surface area (Å²) in [6, 6.07) is 17.8. The topological polar surface area (TPSA) is 79.2 Å². The van der Waals surface area contributed by atoms with Crippen LogP contribution in [0.25, 0.3) is 22.4 Å². The van der Waals surface area contributed by atoms with Crippen LogP contribution in [0.5, 0.6) is 0 Å². The number of hydrogen-bond acceptors (Lipinski definition) is 6. The highest BCUT2D eigenvalue weighted by Gasteiger charge is 2.16. The maximum absolute atomic E-state index is 13.1. The zero-order valence-electron chi connectivity index (χ0n) is 17.6. The number of aromatic nitrogens is 6. The normalized spacial score (nSPS) is 11.5. The van der Waals surface area contributed by atoms with Crippen LogP contribution in [0.3, 0.4) is 0 Å². The number of rotatable bonds is 8. The Kier molecular flexibility index (Phi) is 5.74. The molecule has 8 nitrogen and oxygen atoms in total. The Morgan fingerprint density at radius 2 is 1.88 bits per heavy atom. The maximum atomic E-state index is 13.1. The van der Waals surface area contributed by atoms with Crippen LogP contribution in [0.4, 0.5) is 0 Å². The molecular weight excluding hydrogens is 424 g/mol. The third-order valence-corrected chi connectivity index (χ3v) is 6.28. The van der Waals surface area contributed by atoms with E-state index in [9.17, 15) is 4.79 Å². The Bertz CT molecular complexity index is 1410. The van der Waals surface area contributed by atoms with Gasteiger partial charge in [-0.1, -0.05) is 36.0 Å². The number of methoxy groups -OCH3 is 1. The largest absolute Gasteiger partial charge is 0.385 e. The van der Waals surface area contributed by atoms with E-state index < -0.39 is 0 Å². The number of aryl methyl sites for hydroxylation is 1. The Hall–Kier alpha value is -3.43. The van der Waals surface area contributed by atoms with Crippen molar-refractivity contribution >= 4 is 28.4 Å². The van der Waals surface area contributed by atoms with Gasteiger partial charge in [-0.3, -0.25) is 13.8 Å². The van der Waals surface area contributed by atoms with Gasteiger partial charge < -0.3 is 4.74 Å². The first-order valence-electron chi connectivity index (χ1n) is 10.3. The monoisotopic (exact) mass is 446 g/mol. The van der Waals surface area contributed by atoms with Gasteiger partial charge in [0.1, 0.15) is 0 Å². The predicted octanol–water partition coefficient (Wildman–Crippen LogP) is 3.56. The third-order valence-electron chi connectivity index (χ3n) is 5.28. The molecule has 0 aliphatic carbocycles. The summed E-state index contributed by atoms with van der Waals surface area (Å²) in [5, 5.41) is 14.5. The number of fused-ring (bicyclic) bond motifs is 3. The zero-order chi connectivity index (χ0) is 21.9. The van der Waals surface area contributed by atoms with Crippen molar-refractivity contribution in [2.45, 2.75) is 23.9 Å². The molecule has 3 heterocycles. The fraction of sp³-hybridized carbons (Fsp3) is 0.217. The standard InChI is InChI=1S/C23H22N6O2S/c1-31-15-5-13-27-21(30)19-6-2-3-7-20(19)29-22(27)25-26-23(29)32-16-17-8-10-18(11-9-17)28-14-4-12-24-28/h2-4,6-12,14H,5,13,15-16H2,1H3. The van der Waals surface area contributed by atoms with Crippen LogP contribution in [0.1, 0.15) is 12.0 Å². The predicted molar refractivity (Wildman–Crippen MR) is 124 cm³/mol. The summed E-state index contributed by atoms with van der Waals surface area (Å²) in [6.07, 6.45) is 4.41. The van der Waals surface area contributed by atoms with Gasteiger partial charge in [0.05, 0.1) is 16.6 Å². The molecule has 0 radical (unpaired) electrons. The fourth-order valence-corrected chi connectivity index (χ4v) is 4.61. The summed E-state index contributed by atoms with van der Waals surface area (Å²) in [6.45, 7) is 1.11. The van der Waals surface area contributed by atoms with Crippen LogP contribution in [0, 0.1) is 0 Å². The summed E-state index contributed by atoms with van der Waals surface area (Å²) in [5.41, 5.74) is 2.95. The van der Waals surface area contributed by atoms with E-state index in [-0.39, 0.29) is 5.56 Å². The van der Waals surface area contributed by atoms with Crippen molar-refractivity contribution in [1.29, 1.82) is 0 Å². The Balaban J connectivity index is 1.47. The number of nitrogens with zero attached hydrogens (tertiary/aromatic N) is 6. The highest BCUT2D eigenvalue weighted by molar-refractivity contribution is 7.98. The van der Waals surface area contributed by atoms with Gasteiger partial charge in [0, 0.05) is 38.4 Å². The molecule has 32 heavy (non-hydrogen) atoms. The summed E-state index contributed by atoms with van der Waals surface area (Å²) in [5.74, 6) is 1.29. The molecule has 162 valence electrons. The molecule has 3 aromatic heterocycles. The lowest BCUT2D eigenvalue weighted by atomic mass is 10.2. The first kappa shape index (κ1) is 20.5. The maximum Gasteiger partial charge on any atom is 0.262 e. The number of para-hydroxylation sites is 1. The zero-order valence-corrected chi connectivity index (χ0v) is 18.4. The molecular formula is C23H22N6O2S. The van der Waals surface area contributed by atoms with Gasteiger partial charge in [0.15, 0.2) is 5.16 Å². The van der Waals surface area contributed by atoms with E-state index >= 15 is 0 Å². The van der Waals surface area contributed by atoms with Crippen molar-refractivity contribution in [2.75, 3.05) is 13.7 Å². The number of benzene rings is 2. The van der Waals surface area contributed by atoms with Crippen molar-refractivity contribution in [3.63, 3.8) is 0 Å². The first-order valence-corrected chi connectivity index (χ1v) is 11.3. The molecule has 0 fully saturated rings. The lowest BCUT2D eigenvalue weighted by molar-refractivity contribution is 0.190. The average molecular weight is 447 g/mol. The summed E-state index contributed by atoms with van der Waals surface area (Å²) < 4.78 is 10.7. The minimum absolute atomic E-state index is 0.0534. The van der Waals surface area contributed by atoms with Crippen LogP contribution in [-0.2, 0) is 17.0 Å². The molecule has 0 saturated carbocycles. The molecule has 2 aromatic carbocycles. The second kappa shape index (κ2) is 8.97. The lowest BCUT2D eigenvalue weighted by Gasteiger charge is -2.11. The van der Waals surface area contributed by atoms with Gasteiger partial charge in [0.2, 0.25) is 5.78 Å². The van der Waals surface area contributed by atoms with Gasteiger partial charge in [-0.2, -0.15) is 5.10 Å². The van der Waals surface area contributed by atoms with Gasteiger partial charge >= 0.3 is 0 Å². The van der Waals surface area contributed by atoms with Crippen LogP contribution in [0.2, 0.25) is 0 Å². The molecule has 0 saturated heterocycles. The highest BCUT2D eigenvalue weighted by Crippen LogP contribution is 2.25. The Morgan fingerprint density at radius 3 is 2.66 bits per heavy atom. The second-order valence-corrected chi connectivity index (χ2v) is 8.29. The Morgan fingerprint density at radius 1 is 1.03 bits per heavy atom. The summed E-state index contributed by atoms with van der Waals surface area (Å²) in [7, 11) is 1.66. The van der Waals surface area contributed by atoms with Crippen molar-refractivity contribution in [3.8, 4) is 5.69 Å². The number of hydrogen-bond donors (Lipinski definition) is 0. The lowest BCUT2D eigenvalue weighted by Crippen LogP contribution is -2.24. The second-order valence-electron chi connectivity index (χ2n) is 7.34. The van der Waals surface area contributed by atoms with Gasteiger partial charge in [-0.25, -0.2) is 4.68 Å². The van der Waals surface area contributed by atoms with E-state index in [0.29, 0.717) is 24.3 Å². The SMILES string of the molecule is COCCCn1c(=O)c2ccccc2n2c(SCc3ccc(-n4cccn4)cc3)nnc12. The van der Waals surface area contributed by atoms with Crippen LogP contribution < -0.4 is 5.56 Å². The van der Waals surface area contributed by atoms with Gasteiger partial charge in [-0.15, -0.1) is 10.2 Å². The van der Waals surface area contributed by atoms with Crippen LogP contribution in [0.15, 0.2) is 76.9 Å². The molecule has 0 amide bonds. The number of thioether (sulfide) groups is 1. The van der Waals surface area contributed by atoms with Crippen molar-refractivity contribution < 1.29 is 4.74 Å². The summed E-state index contributed by atoms with van der Waals surface area (Å²) in [4.78, 5) is 13.1. The molecule has 5 rings (SSSR count). The average Bonchev–Trinajstić information content (AvgIpc) is 3.51. The molecule has 0 aliphatic heterocycles. The summed E-state index contributed by atoms with van der Waals surface area (Å²) >= 11 is 1.60. The molecule has 5 aromatic rings. The smallest absolute Gasteiger partial charge is 0.262 e. The molecule has 0 unspecified atom stereocenters. The van der Waals surface area contributed by atoms with Crippen molar-refractivity contribution in [3.05, 3.63) is 82.9 Å². The molecule has 0 spiro atoms. The number of ether oxygens (including phenoxy) is 1. The van der Waals surface area contributed by atoms with Crippen molar-refractivity contribution in [2.24, 2.45) is 0 Å². The van der Waals surface area contributed by atoms with E-state index in [0.717, 1.165) is 28.5 Å². The fourth-order valence-electron chi connectivity index (χ4n) is 3.71. The van der Waals surface area contributed by atoms with E-state index in [1.54, 1.807) is 29.6 Å². The van der Waals surface area contributed by atoms with E-state index in [4.69, 9.17) is 4.74 Å². The van der Waals surface area contributed by atoms with E-state index in [2.05, 4.69) is 27.4 Å². The molecule has 9 heteroatoms. The molecule has 0 atom stereocenters. The van der Waals surface area contributed by atoms with Crippen molar-refractivity contribution in [1.82, 2.24) is 28.9 Å². The minimum atomic E-state index is -0.0534. The minimum Gasteiger partial charge on any atom is -0.385 e. The molecule has 0 aliphatic rings. The highest BCUT2D eigenvalue weighted by atomic mass is 32.2. The third kappa shape index (κ3) is 3.80. The van der Waals surface area contributed by atoms with Crippen LogP contribution >= 0.6 is 11.8 Å². The van der Waals surface area contributed by atoms with E-state index in [1.165, 1.54) is 5.56 Å². The van der Waals surface area contributed by atoms with Crippen LogP contribution in [-0.4, -0.2) is 42.7 Å². The molecule has 0 bridgehead atoms.